The van der Waals surface area contributed by atoms with E-state index in [-0.39, 0.29) is 11.6 Å². The van der Waals surface area contributed by atoms with Crippen LogP contribution in [-0.2, 0) is 6.54 Å². The number of likely N-dealkylation sites (tertiary alicyclic amines) is 1. The summed E-state index contributed by atoms with van der Waals surface area (Å²) in [6.07, 6.45) is 1.58. The summed E-state index contributed by atoms with van der Waals surface area (Å²) < 4.78 is 44.3. The van der Waals surface area contributed by atoms with Gasteiger partial charge in [-0.3, -0.25) is 4.79 Å². The number of nitrogens with zero attached hydrogens (tertiary/aromatic N) is 4. The van der Waals surface area contributed by atoms with E-state index in [4.69, 9.17) is 0 Å². The Bertz CT molecular complexity index is 848. The van der Waals surface area contributed by atoms with Crippen LogP contribution >= 0.6 is 0 Å². The Labute approximate surface area is 160 Å². The summed E-state index contributed by atoms with van der Waals surface area (Å²) in [5, 5.41) is 8.25. The second kappa shape index (κ2) is 7.44. The molecule has 0 radical (unpaired) electrons. The van der Waals surface area contributed by atoms with E-state index in [1.165, 1.54) is 31.0 Å². The van der Waals surface area contributed by atoms with Crippen molar-refractivity contribution in [3.8, 4) is 5.75 Å². The number of hydrogen-bond acceptors (Lipinski definition) is 4. The molecule has 2 aliphatic rings. The number of halogens is 3. The highest BCUT2D eigenvalue weighted by molar-refractivity contribution is 5.97. The number of alkyl halides is 3. The van der Waals surface area contributed by atoms with Gasteiger partial charge in [-0.05, 0) is 50.2 Å². The predicted octanol–water partition coefficient (Wildman–Crippen LogP) is 3.95. The fourth-order valence-electron chi connectivity index (χ4n) is 3.70. The molecule has 0 N–H and O–H groups in total. The SMILES string of the molecule is O=C(c1ccccc1OC(F)(F)F)N1CCCCC1c1nncn1CC1CC1. The Kier molecular flexibility index (Phi) is 4.99. The van der Waals surface area contributed by atoms with Crippen LogP contribution in [0.25, 0.3) is 0 Å². The summed E-state index contributed by atoms with van der Waals surface area (Å²) in [5.74, 6) is 0.354. The third kappa shape index (κ3) is 4.13. The highest BCUT2D eigenvalue weighted by Crippen LogP contribution is 2.36. The molecule has 1 aliphatic heterocycles. The normalized spacial score (nSPS) is 20.2. The molecule has 150 valence electrons. The molecule has 1 aromatic carbocycles. The topological polar surface area (TPSA) is 60.2 Å². The van der Waals surface area contributed by atoms with Gasteiger partial charge in [-0.2, -0.15) is 0 Å². The van der Waals surface area contributed by atoms with E-state index in [9.17, 15) is 18.0 Å². The van der Waals surface area contributed by atoms with Crippen molar-refractivity contribution < 1.29 is 22.7 Å². The van der Waals surface area contributed by atoms with Crippen LogP contribution in [0.5, 0.6) is 5.75 Å². The zero-order chi connectivity index (χ0) is 19.7. The molecule has 0 spiro atoms. The second-order valence-corrected chi connectivity index (χ2v) is 7.34. The summed E-state index contributed by atoms with van der Waals surface area (Å²) in [4.78, 5) is 14.8. The first-order valence-electron chi connectivity index (χ1n) is 9.46. The minimum Gasteiger partial charge on any atom is -0.405 e. The molecular formula is C19H21F3N4O2. The Morgan fingerprint density at radius 3 is 2.71 bits per heavy atom. The number of amides is 1. The zero-order valence-corrected chi connectivity index (χ0v) is 15.2. The number of carbonyl (C=O) groups excluding carboxylic acids is 1. The van der Waals surface area contributed by atoms with E-state index in [1.807, 2.05) is 4.57 Å². The summed E-state index contributed by atoms with van der Waals surface area (Å²) in [6.45, 7) is 1.27. The van der Waals surface area contributed by atoms with Gasteiger partial charge in [0.25, 0.3) is 5.91 Å². The zero-order valence-electron chi connectivity index (χ0n) is 15.2. The molecule has 4 rings (SSSR count). The molecule has 1 aromatic heterocycles. The lowest BCUT2D eigenvalue weighted by atomic mass is 9.99. The van der Waals surface area contributed by atoms with Crippen LogP contribution in [0, 0.1) is 5.92 Å². The molecule has 2 fully saturated rings. The number of ether oxygens (including phenoxy) is 1. The quantitative estimate of drug-likeness (QED) is 0.770. The number of aromatic nitrogens is 3. The lowest BCUT2D eigenvalue weighted by Gasteiger charge is -2.35. The molecule has 2 aromatic rings. The number of piperidine rings is 1. The summed E-state index contributed by atoms with van der Waals surface area (Å²) in [6, 6.07) is 5.17. The van der Waals surface area contributed by atoms with Crippen molar-refractivity contribution in [3.05, 3.63) is 42.0 Å². The molecule has 0 bridgehead atoms. The first-order valence-corrected chi connectivity index (χ1v) is 9.46. The van der Waals surface area contributed by atoms with E-state index < -0.39 is 18.0 Å². The Morgan fingerprint density at radius 1 is 1.18 bits per heavy atom. The summed E-state index contributed by atoms with van der Waals surface area (Å²) >= 11 is 0. The number of para-hydroxylation sites is 1. The number of hydrogen-bond donors (Lipinski definition) is 0. The molecule has 1 saturated heterocycles. The van der Waals surface area contributed by atoms with Gasteiger partial charge >= 0.3 is 6.36 Å². The molecule has 1 atom stereocenters. The average Bonchev–Trinajstić information content (AvgIpc) is 3.36. The molecular weight excluding hydrogens is 373 g/mol. The number of rotatable bonds is 5. The van der Waals surface area contributed by atoms with Gasteiger partial charge in [-0.25, -0.2) is 0 Å². The van der Waals surface area contributed by atoms with E-state index in [1.54, 1.807) is 11.2 Å². The highest BCUT2D eigenvalue weighted by atomic mass is 19.4. The van der Waals surface area contributed by atoms with Crippen LogP contribution in [0.3, 0.4) is 0 Å². The molecule has 2 heterocycles. The van der Waals surface area contributed by atoms with Crippen molar-refractivity contribution in [3.63, 3.8) is 0 Å². The van der Waals surface area contributed by atoms with Crippen molar-refractivity contribution in [2.75, 3.05) is 6.54 Å². The molecule has 6 nitrogen and oxygen atoms in total. The standard InChI is InChI=1S/C19H21F3N4O2/c20-19(21,22)28-16-7-2-1-5-14(16)18(27)26-10-4-3-6-15(26)17-24-23-12-25(17)11-13-8-9-13/h1-2,5,7,12-13,15H,3-4,6,8-11H2. The minimum absolute atomic E-state index is 0.0972. The third-order valence-electron chi connectivity index (χ3n) is 5.20. The van der Waals surface area contributed by atoms with Gasteiger partial charge in [0.1, 0.15) is 12.1 Å². The Morgan fingerprint density at radius 2 is 1.96 bits per heavy atom. The first-order chi connectivity index (χ1) is 13.4. The van der Waals surface area contributed by atoms with Gasteiger partial charge in [-0.1, -0.05) is 12.1 Å². The number of benzene rings is 1. The summed E-state index contributed by atoms with van der Waals surface area (Å²) in [7, 11) is 0. The van der Waals surface area contributed by atoms with Crippen LogP contribution in [0.4, 0.5) is 13.2 Å². The van der Waals surface area contributed by atoms with Gasteiger partial charge in [0.05, 0.1) is 11.6 Å². The maximum Gasteiger partial charge on any atom is 0.573 e. The van der Waals surface area contributed by atoms with Crippen molar-refractivity contribution in [2.24, 2.45) is 5.92 Å². The maximum atomic E-state index is 13.2. The monoisotopic (exact) mass is 394 g/mol. The first kappa shape index (κ1) is 18.8. The average molecular weight is 394 g/mol. The van der Waals surface area contributed by atoms with Gasteiger partial charge in [0.2, 0.25) is 0 Å². The maximum absolute atomic E-state index is 13.2. The van der Waals surface area contributed by atoms with Gasteiger partial charge in [-0.15, -0.1) is 23.4 Å². The van der Waals surface area contributed by atoms with Crippen LogP contribution in [-0.4, -0.2) is 38.5 Å². The van der Waals surface area contributed by atoms with Crippen LogP contribution in [0.15, 0.2) is 30.6 Å². The highest BCUT2D eigenvalue weighted by Gasteiger charge is 2.36. The fraction of sp³-hybridized carbons (Fsp3) is 0.526. The molecule has 1 saturated carbocycles. The smallest absolute Gasteiger partial charge is 0.405 e. The predicted molar refractivity (Wildman–Crippen MR) is 93.5 cm³/mol. The second-order valence-electron chi connectivity index (χ2n) is 7.34. The molecule has 9 heteroatoms. The largest absolute Gasteiger partial charge is 0.573 e. The lowest BCUT2D eigenvalue weighted by molar-refractivity contribution is -0.274. The van der Waals surface area contributed by atoms with Gasteiger partial charge in [0.15, 0.2) is 5.82 Å². The summed E-state index contributed by atoms with van der Waals surface area (Å²) in [5.41, 5.74) is -0.0972. The Balaban J connectivity index is 1.62. The fourth-order valence-corrected chi connectivity index (χ4v) is 3.70. The molecule has 28 heavy (non-hydrogen) atoms. The van der Waals surface area contributed by atoms with Crippen molar-refractivity contribution in [1.82, 2.24) is 19.7 Å². The lowest BCUT2D eigenvalue weighted by Crippen LogP contribution is -2.40. The van der Waals surface area contributed by atoms with E-state index in [0.29, 0.717) is 24.7 Å². The van der Waals surface area contributed by atoms with Crippen molar-refractivity contribution in [1.29, 1.82) is 0 Å². The van der Waals surface area contributed by atoms with Crippen LogP contribution in [0.2, 0.25) is 0 Å². The van der Waals surface area contributed by atoms with Crippen molar-refractivity contribution in [2.45, 2.75) is 51.1 Å². The van der Waals surface area contributed by atoms with Crippen LogP contribution in [0.1, 0.15) is 54.3 Å². The molecule has 1 amide bonds. The van der Waals surface area contributed by atoms with E-state index >= 15 is 0 Å². The molecule has 1 aliphatic carbocycles. The van der Waals surface area contributed by atoms with Crippen LogP contribution < -0.4 is 4.74 Å². The third-order valence-corrected chi connectivity index (χ3v) is 5.20. The van der Waals surface area contributed by atoms with Crippen molar-refractivity contribution >= 4 is 5.91 Å². The minimum atomic E-state index is -4.86. The van der Waals surface area contributed by atoms with E-state index in [0.717, 1.165) is 25.5 Å². The van der Waals surface area contributed by atoms with Gasteiger partial charge < -0.3 is 14.2 Å². The number of carbonyl (C=O) groups is 1. The van der Waals surface area contributed by atoms with Gasteiger partial charge in [0, 0.05) is 13.1 Å². The Hall–Kier alpha value is -2.58. The van der Waals surface area contributed by atoms with E-state index in [2.05, 4.69) is 14.9 Å². The molecule has 1 unspecified atom stereocenters.